The average molecular weight is 317 g/mol. The summed E-state index contributed by atoms with van der Waals surface area (Å²) in [5, 5.41) is 4.11. The summed E-state index contributed by atoms with van der Waals surface area (Å²) in [5.41, 5.74) is 3.71. The highest BCUT2D eigenvalue weighted by Gasteiger charge is 2.21. The number of rotatable bonds is 4. The van der Waals surface area contributed by atoms with Crippen molar-refractivity contribution in [1.82, 2.24) is 9.78 Å². The zero-order chi connectivity index (χ0) is 16.8. The lowest BCUT2D eigenvalue weighted by Gasteiger charge is -2.13. The minimum Gasteiger partial charge on any atom is -0.372 e. The van der Waals surface area contributed by atoms with Gasteiger partial charge in [0.05, 0.1) is 11.9 Å². The monoisotopic (exact) mass is 317 g/mol. The van der Waals surface area contributed by atoms with Crippen molar-refractivity contribution in [3.05, 3.63) is 35.9 Å². The summed E-state index contributed by atoms with van der Waals surface area (Å²) >= 11 is 0. The number of aromatic nitrogens is 2. The summed E-state index contributed by atoms with van der Waals surface area (Å²) in [5.74, 6) is -0.138. The van der Waals surface area contributed by atoms with Gasteiger partial charge in [-0.1, -0.05) is 39.5 Å². The van der Waals surface area contributed by atoms with E-state index in [2.05, 4.69) is 25.0 Å². The fraction of sp³-hybridized carbons (Fsp3) is 0.526. The molecule has 1 aromatic heterocycles. The van der Waals surface area contributed by atoms with Gasteiger partial charge in [0.25, 0.3) is 0 Å². The predicted octanol–water partition coefficient (Wildman–Crippen LogP) is 4.81. The first-order valence-electron chi connectivity index (χ1n) is 8.59. The summed E-state index contributed by atoms with van der Waals surface area (Å²) in [6.07, 6.45) is 10.1. The maximum atomic E-state index is 14.0. The molecule has 126 valence electrons. The minimum absolute atomic E-state index is 0.138. The molecule has 0 radical (unpaired) electrons. The third-order valence-electron chi connectivity index (χ3n) is 4.24. The van der Waals surface area contributed by atoms with E-state index in [9.17, 15) is 4.39 Å². The van der Waals surface area contributed by atoms with Crippen molar-refractivity contribution < 1.29 is 4.39 Å². The topological polar surface area (TPSA) is 21.1 Å². The van der Waals surface area contributed by atoms with Gasteiger partial charge >= 0.3 is 0 Å². The van der Waals surface area contributed by atoms with Crippen LogP contribution in [-0.2, 0) is 13.5 Å². The number of fused-ring (bicyclic) bond motifs is 1. The molecular weight excluding hydrogens is 289 g/mol. The van der Waals surface area contributed by atoms with Gasteiger partial charge in [-0.05, 0) is 29.7 Å². The summed E-state index contributed by atoms with van der Waals surface area (Å²) in [6.45, 7) is 5.36. The smallest absolute Gasteiger partial charge is 0.147 e. The van der Waals surface area contributed by atoms with Crippen molar-refractivity contribution in [2.45, 2.75) is 46.0 Å². The maximum Gasteiger partial charge on any atom is 0.147 e. The molecule has 1 aliphatic heterocycles. The highest BCUT2D eigenvalue weighted by molar-refractivity contribution is 5.70. The van der Waals surface area contributed by atoms with E-state index in [-0.39, 0.29) is 5.82 Å². The van der Waals surface area contributed by atoms with Crippen molar-refractivity contribution >= 4 is 5.69 Å². The number of unbranched alkanes of at least 4 members (excludes halogenated alkanes) is 3. The lowest BCUT2D eigenvalue weighted by molar-refractivity contribution is 0.627. The number of hydrogen-bond acceptors (Lipinski definition) is 2. The number of nitrogens with zero attached hydrogens (tertiary/aromatic N) is 3. The molecule has 2 aromatic rings. The van der Waals surface area contributed by atoms with Crippen LogP contribution in [-0.4, -0.2) is 23.4 Å². The van der Waals surface area contributed by atoms with Gasteiger partial charge in [-0.15, -0.1) is 0 Å². The molecule has 0 saturated carbocycles. The van der Waals surface area contributed by atoms with E-state index in [1.165, 1.54) is 25.7 Å². The van der Waals surface area contributed by atoms with Crippen molar-refractivity contribution in [1.29, 1.82) is 0 Å². The Morgan fingerprint density at radius 2 is 1.78 bits per heavy atom. The minimum atomic E-state index is -0.138. The van der Waals surface area contributed by atoms with Crippen molar-refractivity contribution in [2.75, 3.05) is 18.5 Å². The second-order valence-corrected chi connectivity index (χ2v) is 6.25. The number of benzene rings is 1. The number of halogens is 1. The first-order valence-corrected chi connectivity index (χ1v) is 8.59. The van der Waals surface area contributed by atoms with Gasteiger partial charge in [0.15, 0.2) is 0 Å². The number of aryl methyl sites for hydroxylation is 1. The molecule has 0 fully saturated rings. The lowest BCUT2D eigenvalue weighted by Crippen LogP contribution is -2.13. The highest BCUT2D eigenvalue weighted by Crippen LogP contribution is 2.34. The zero-order valence-corrected chi connectivity index (χ0v) is 14.8. The number of anilines is 1. The van der Waals surface area contributed by atoms with Crippen LogP contribution in [0.5, 0.6) is 0 Å². The third kappa shape index (κ3) is 4.34. The molecule has 0 amide bonds. The molecule has 2 heterocycles. The quantitative estimate of drug-likeness (QED) is 0.755. The van der Waals surface area contributed by atoms with E-state index in [1.807, 2.05) is 25.2 Å². The van der Waals surface area contributed by atoms with Crippen LogP contribution in [0.25, 0.3) is 11.1 Å². The lowest BCUT2D eigenvalue weighted by atomic mass is 10.0. The van der Waals surface area contributed by atoms with Crippen LogP contribution in [0.4, 0.5) is 10.1 Å². The predicted molar refractivity (Wildman–Crippen MR) is 95.4 cm³/mol. The first kappa shape index (κ1) is 17.5. The van der Waals surface area contributed by atoms with Gasteiger partial charge in [0.1, 0.15) is 5.82 Å². The second-order valence-electron chi connectivity index (χ2n) is 6.25. The second kappa shape index (κ2) is 8.14. The van der Waals surface area contributed by atoms with E-state index in [0.29, 0.717) is 0 Å². The van der Waals surface area contributed by atoms with Crippen molar-refractivity contribution in [3.8, 4) is 11.1 Å². The van der Waals surface area contributed by atoms with Crippen LogP contribution in [0.3, 0.4) is 0 Å². The Labute approximate surface area is 139 Å². The Morgan fingerprint density at radius 3 is 2.35 bits per heavy atom. The Kier molecular flexibility index (Phi) is 6.20. The van der Waals surface area contributed by atoms with E-state index in [0.717, 1.165) is 35.3 Å². The highest BCUT2D eigenvalue weighted by atomic mass is 19.1. The maximum absolute atomic E-state index is 14.0. The third-order valence-corrected chi connectivity index (χ3v) is 4.24. The van der Waals surface area contributed by atoms with Crippen LogP contribution in [0.2, 0.25) is 0 Å². The molecule has 3 nitrogen and oxygen atoms in total. The first-order chi connectivity index (χ1) is 11.1. The summed E-state index contributed by atoms with van der Waals surface area (Å²) in [4.78, 5) is 1.97. The number of likely N-dealkylation sites (N-methyl/N-ethyl adjacent to an activating group) is 1. The molecule has 0 spiro atoms. The fourth-order valence-corrected chi connectivity index (χ4v) is 2.91. The summed E-state index contributed by atoms with van der Waals surface area (Å²) in [6, 6.07) is 3.66. The van der Waals surface area contributed by atoms with Crippen molar-refractivity contribution in [2.24, 2.45) is 7.05 Å². The van der Waals surface area contributed by atoms with Crippen LogP contribution < -0.4 is 4.90 Å². The van der Waals surface area contributed by atoms with E-state index in [4.69, 9.17) is 0 Å². The van der Waals surface area contributed by atoms with E-state index < -0.39 is 0 Å². The molecule has 23 heavy (non-hydrogen) atoms. The molecule has 0 atom stereocenters. The molecule has 3 rings (SSSR count). The van der Waals surface area contributed by atoms with Gasteiger partial charge in [0.2, 0.25) is 0 Å². The Balaban J connectivity index is 0.000000277. The van der Waals surface area contributed by atoms with Gasteiger partial charge in [-0.2, -0.15) is 5.10 Å². The molecule has 0 bridgehead atoms. The van der Waals surface area contributed by atoms with Crippen LogP contribution in [0.1, 0.15) is 45.1 Å². The molecule has 1 aliphatic rings. The van der Waals surface area contributed by atoms with Gasteiger partial charge in [-0.25, -0.2) is 4.39 Å². The standard InChI is InChI=1S/C13H14FN3.C6H14/c1-16-4-3-9-5-10(6-12(14)13(9)16)11-7-15-17(2)8-11;1-3-5-6-4-2/h5-8H,3-4H2,1-2H3;3-6H2,1-2H3. The molecule has 4 heteroatoms. The largest absolute Gasteiger partial charge is 0.372 e. The fourth-order valence-electron chi connectivity index (χ4n) is 2.91. The van der Waals surface area contributed by atoms with Crippen LogP contribution in [0.15, 0.2) is 24.5 Å². The van der Waals surface area contributed by atoms with Gasteiger partial charge < -0.3 is 4.90 Å². The van der Waals surface area contributed by atoms with E-state index >= 15 is 0 Å². The Bertz CT molecular complexity index is 630. The normalized spacial score (nSPS) is 12.8. The Morgan fingerprint density at radius 1 is 1.09 bits per heavy atom. The Hall–Kier alpha value is -1.84. The van der Waals surface area contributed by atoms with Crippen molar-refractivity contribution in [3.63, 3.8) is 0 Å². The SMILES string of the molecule is CCCCCC.CN1CCc2cc(-c3cnn(C)c3)cc(F)c21. The molecule has 0 N–H and O–H groups in total. The molecule has 0 unspecified atom stereocenters. The molecule has 0 aliphatic carbocycles. The van der Waals surface area contributed by atoms with E-state index in [1.54, 1.807) is 16.9 Å². The number of hydrogen-bond donors (Lipinski definition) is 0. The summed E-state index contributed by atoms with van der Waals surface area (Å²) in [7, 11) is 3.79. The zero-order valence-electron chi connectivity index (χ0n) is 14.8. The molecular formula is C19H28FN3. The van der Waals surface area contributed by atoms with Gasteiger partial charge in [-0.3, -0.25) is 4.68 Å². The van der Waals surface area contributed by atoms with Crippen LogP contribution in [0, 0.1) is 5.82 Å². The van der Waals surface area contributed by atoms with Gasteiger partial charge in [0, 0.05) is 32.4 Å². The average Bonchev–Trinajstić information content (AvgIpc) is 3.12. The molecule has 0 saturated heterocycles. The molecule has 1 aromatic carbocycles. The summed E-state index contributed by atoms with van der Waals surface area (Å²) < 4.78 is 15.8. The van der Waals surface area contributed by atoms with Crippen LogP contribution >= 0.6 is 0 Å².